The van der Waals surface area contributed by atoms with Crippen LogP contribution in [0, 0.1) is 0 Å². The van der Waals surface area contributed by atoms with Crippen molar-refractivity contribution in [2.24, 2.45) is 0 Å². The molecule has 1 amide bonds. The SMILES string of the molecule is CC(C)(C)OC(=O)NCc1ccc(-c2cnc3ccc(NCCCC(=O)O)nn23)cc1. The second kappa shape index (κ2) is 9.46. The van der Waals surface area contributed by atoms with Crippen LogP contribution in [-0.4, -0.2) is 43.9 Å². The molecule has 0 aliphatic rings. The van der Waals surface area contributed by atoms with Gasteiger partial charge in [0, 0.05) is 25.1 Å². The number of carboxylic acids is 1. The summed E-state index contributed by atoms with van der Waals surface area (Å²) in [6.07, 6.45) is 1.93. The molecular weight excluding hydrogens is 398 g/mol. The van der Waals surface area contributed by atoms with Crippen molar-refractivity contribution in [3.63, 3.8) is 0 Å². The Morgan fingerprint density at radius 3 is 2.55 bits per heavy atom. The molecule has 0 saturated heterocycles. The number of imidazole rings is 1. The lowest BCUT2D eigenvalue weighted by Gasteiger charge is -2.19. The highest BCUT2D eigenvalue weighted by molar-refractivity contribution is 5.68. The van der Waals surface area contributed by atoms with E-state index in [0.717, 1.165) is 16.8 Å². The highest BCUT2D eigenvalue weighted by atomic mass is 16.6. The van der Waals surface area contributed by atoms with E-state index in [0.29, 0.717) is 31.0 Å². The van der Waals surface area contributed by atoms with Gasteiger partial charge in [-0.3, -0.25) is 4.79 Å². The van der Waals surface area contributed by atoms with Crippen molar-refractivity contribution >= 4 is 23.5 Å². The van der Waals surface area contributed by atoms with E-state index in [4.69, 9.17) is 9.84 Å². The number of anilines is 1. The van der Waals surface area contributed by atoms with E-state index in [-0.39, 0.29) is 6.42 Å². The van der Waals surface area contributed by atoms with Crippen molar-refractivity contribution in [3.05, 3.63) is 48.2 Å². The Labute approximate surface area is 180 Å². The maximum atomic E-state index is 11.8. The zero-order valence-corrected chi connectivity index (χ0v) is 17.9. The predicted molar refractivity (Wildman–Crippen MR) is 117 cm³/mol. The van der Waals surface area contributed by atoms with Crippen molar-refractivity contribution < 1.29 is 19.4 Å². The number of nitrogens with zero attached hydrogens (tertiary/aromatic N) is 3. The van der Waals surface area contributed by atoms with Crippen molar-refractivity contribution in [2.45, 2.75) is 45.8 Å². The van der Waals surface area contributed by atoms with Gasteiger partial charge in [-0.15, -0.1) is 5.10 Å². The Hall–Kier alpha value is -3.62. The van der Waals surface area contributed by atoms with E-state index in [1.165, 1.54) is 0 Å². The Bertz CT molecular complexity index is 1050. The standard InChI is InChI=1S/C22H27N5O4/c1-22(2,3)31-21(30)25-13-15-6-8-16(9-7-15)17-14-24-19-11-10-18(26-27(17)19)23-12-4-5-20(28)29/h6-11,14H,4-5,12-13H2,1-3H3,(H,23,26)(H,25,30)(H,28,29). The number of carbonyl (C=O) groups excluding carboxylic acids is 1. The molecule has 3 N–H and O–H groups in total. The molecule has 1 aromatic carbocycles. The van der Waals surface area contributed by atoms with Crippen molar-refractivity contribution in [3.8, 4) is 11.3 Å². The van der Waals surface area contributed by atoms with Gasteiger partial charge < -0.3 is 20.5 Å². The molecule has 0 spiro atoms. The van der Waals surface area contributed by atoms with Gasteiger partial charge in [-0.2, -0.15) is 0 Å². The average Bonchev–Trinajstić information content (AvgIpc) is 3.12. The van der Waals surface area contributed by atoms with Gasteiger partial charge in [-0.25, -0.2) is 14.3 Å². The molecule has 0 atom stereocenters. The minimum atomic E-state index is -0.813. The van der Waals surface area contributed by atoms with E-state index in [9.17, 15) is 9.59 Å². The average molecular weight is 425 g/mol. The molecule has 2 heterocycles. The number of aromatic nitrogens is 3. The minimum absolute atomic E-state index is 0.112. The van der Waals surface area contributed by atoms with E-state index < -0.39 is 17.7 Å². The van der Waals surface area contributed by atoms with Gasteiger partial charge in [0.2, 0.25) is 0 Å². The number of fused-ring (bicyclic) bond motifs is 1. The van der Waals surface area contributed by atoms with Crippen LogP contribution in [0.1, 0.15) is 39.2 Å². The summed E-state index contributed by atoms with van der Waals surface area (Å²) in [5, 5.41) is 19.2. The van der Waals surface area contributed by atoms with Crippen molar-refractivity contribution in [1.29, 1.82) is 0 Å². The lowest BCUT2D eigenvalue weighted by atomic mass is 10.1. The molecule has 0 aliphatic heterocycles. The van der Waals surface area contributed by atoms with Crippen LogP contribution in [0.3, 0.4) is 0 Å². The van der Waals surface area contributed by atoms with Gasteiger partial charge in [0.05, 0.1) is 11.9 Å². The highest BCUT2D eigenvalue weighted by Crippen LogP contribution is 2.21. The molecule has 3 rings (SSSR count). The molecule has 0 saturated carbocycles. The zero-order valence-electron chi connectivity index (χ0n) is 17.9. The molecule has 31 heavy (non-hydrogen) atoms. The largest absolute Gasteiger partial charge is 0.481 e. The number of benzene rings is 1. The Morgan fingerprint density at radius 2 is 1.87 bits per heavy atom. The van der Waals surface area contributed by atoms with E-state index in [2.05, 4.69) is 20.7 Å². The number of hydrogen-bond donors (Lipinski definition) is 3. The second-order valence-electron chi connectivity index (χ2n) is 8.11. The maximum Gasteiger partial charge on any atom is 0.407 e. The van der Waals surface area contributed by atoms with E-state index in [1.54, 1.807) is 10.7 Å². The summed E-state index contributed by atoms with van der Waals surface area (Å²) in [5.74, 6) is -0.165. The van der Waals surface area contributed by atoms with E-state index >= 15 is 0 Å². The summed E-state index contributed by atoms with van der Waals surface area (Å²) in [6, 6.07) is 11.4. The quantitative estimate of drug-likeness (QED) is 0.471. The number of rotatable bonds is 8. The van der Waals surface area contributed by atoms with Crippen molar-refractivity contribution in [2.75, 3.05) is 11.9 Å². The third kappa shape index (κ3) is 6.43. The summed E-state index contributed by atoms with van der Waals surface area (Å²) < 4.78 is 6.99. The number of alkyl carbamates (subject to hydrolysis) is 1. The summed E-state index contributed by atoms with van der Waals surface area (Å²) in [6.45, 7) is 6.35. The van der Waals surface area contributed by atoms with Gasteiger partial charge >= 0.3 is 12.1 Å². The van der Waals surface area contributed by atoms with Crippen LogP contribution >= 0.6 is 0 Å². The first-order valence-corrected chi connectivity index (χ1v) is 10.1. The molecule has 9 heteroatoms. The predicted octanol–water partition coefficient (Wildman–Crippen LogP) is 3.70. The molecule has 3 aromatic rings. The van der Waals surface area contributed by atoms with Gasteiger partial charge in [-0.05, 0) is 44.9 Å². The molecule has 0 aliphatic carbocycles. The molecule has 0 unspecified atom stereocenters. The van der Waals surface area contributed by atoms with Crippen LogP contribution < -0.4 is 10.6 Å². The fourth-order valence-electron chi connectivity index (χ4n) is 2.90. The first kappa shape index (κ1) is 22.1. The number of nitrogens with one attached hydrogen (secondary N) is 2. The Kier molecular flexibility index (Phi) is 6.74. The van der Waals surface area contributed by atoms with Crippen molar-refractivity contribution in [1.82, 2.24) is 19.9 Å². The van der Waals surface area contributed by atoms with Crippen LogP contribution in [0.2, 0.25) is 0 Å². The molecule has 164 valence electrons. The number of hydrogen-bond acceptors (Lipinski definition) is 6. The van der Waals surface area contributed by atoms with Gasteiger partial charge in [0.15, 0.2) is 5.65 Å². The Balaban J connectivity index is 1.66. The highest BCUT2D eigenvalue weighted by Gasteiger charge is 2.15. The fourth-order valence-corrected chi connectivity index (χ4v) is 2.90. The number of carboxylic acid groups (broad SMARTS) is 1. The fraction of sp³-hybridized carbons (Fsp3) is 0.364. The third-order valence-corrected chi connectivity index (χ3v) is 4.32. The summed E-state index contributed by atoms with van der Waals surface area (Å²) in [5.41, 5.74) is 2.88. The van der Waals surface area contributed by atoms with Gasteiger partial charge in [-0.1, -0.05) is 24.3 Å². The van der Waals surface area contributed by atoms with Crippen LogP contribution in [0.5, 0.6) is 0 Å². The molecule has 2 aromatic heterocycles. The van der Waals surface area contributed by atoms with Crippen LogP contribution in [0.4, 0.5) is 10.6 Å². The second-order valence-corrected chi connectivity index (χ2v) is 8.11. The summed E-state index contributed by atoms with van der Waals surface area (Å²) in [7, 11) is 0. The number of aliphatic carboxylic acids is 1. The molecule has 0 fully saturated rings. The minimum Gasteiger partial charge on any atom is -0.481 e. The monoisotopic (exact) mass is 425 g/mol. The smallest absolute Gasteiger partial charge is 0.407 e. The normalized spacial score (nSPS) is 11.3. The molecule has 9 nitrogen and oxygen atoms in total. The van der Waals surface area contributed by atoms with E-state index in [1.807, 2.05) is 57.2 Å². The molecular formula is C22H27N5O4. The lowest BCUT2D eigenvalue weighted by Crippen LogP contribution is -2.32. The number of carbonyl (C=O) groups is 2. The zero-order chi connectivity index (χ0) is 22.4. The molecule has 0 radical (unpaired) electrons. The third-order valence-electron chi connectivity index (χ3n) is 4.32. The van der Waals surface area contributed by atoms with Gasteiger partial charge in [0.25, 0.3) is 0 Å². The van der Waals surface area contributed by atoms with Crippen LogP contribution in [0.25, 0.3) is 16.9 Å². The summed E-state index contributed by atoms with van der Waals surface area (Å²) >= 11 is 0. The Morgan fingerprint density at radius 1 is 1.13 bits per heavy atom. The maximum absolute atomic E-state index is 11.8. The van der Waals surface area contributed by atoms with Crippen LogP contribution in [0.15, 0.2) is 42.6 Å². The first-order chi connectivity index (χ1) is 14.7. The molecule has 0 bridgehead atoms. The lowest BCUT2D eigenvalue weighted by molar-refractivity contribution is -0.137. The van der Waals surface area contributed by atoms with Gasteiger partial charge in [0.1, 0.15) is 11.4 Å². The first-order valence-electron chi connectivity index (χ1n) is 10.1. The number of amides is 1. The van der Waals surface area contributed by atoms with Crippen LogP contribution in [-0.2, 0) is 16.1 Å². The topological polar surface area (TPSA) is 118 Å². The summed E-state index contributed by atoms with van der Waals surface area (Å²) in [4.78, 5) is 26.8. The number of ether oxygens (including phenoxy) is 1.